The van der Waals surface area contributed by atoms with Crippen molar-refractivity contribution in [2.45, 2.75) is 42.9 Å². The second-order valence-electron chi connectivity index (χ2n) is 6.80. The third kappa shape index (κ3) is 5.28. The fourth-order valence-corrected chi connectivity index (χ4v) is 5.05. The second-order valence-corrected chi connectivity index (χ2v) is 9.09. The minimum atomic E-state index is -0.644. The summed E-state index contributed by atoms with van der Waals surface area (Å²) in [7, 11) is 1.56. The van der Waals surface area contributed by atoms with E-state index in [1.165, 1.54) is 32.9 Å². The summed E-state index contributed by atoms with van der Waals surface area (Å²) in [4.78, 5) is 31.8. The number of benzene rings is 1. The van der Waals surface area contributed by atoms with Crippen LogP contribution in [0.1, 0.15) is 32.6 Å². The molecule has 0 aliphatic heterocycles. The van der Waals surface area contributed by atoms with Gasteiger partial charge in [0.05, 0.1) is 28.5 Å². The number of aromatic nitrogens is 1. The molecule has 1 heterocycles. The zero-order chi connectivity index (χ0) is 21.7. The lowest BCUT2D eigenvalue weighted by molar-refractivity contribution is -0.139. The number of halogens is 2. The lowest BCUT2D eigenvalue weighted by atomic mass is 10.1. The summed E-state index contributed by atoms with van der Waals surface area (Å²) in [6.07, 6.45) is 4.90. The molecule has 0 N–H and O–H groups in total. The Morgan fingerprint density at radius 2 is 2.03 bits per heavy atom. The highest BCUT2D eigenvalue weighted by molar-refractivity contribution is 8.01. The largest absolute Gasteiger partial charge is 0.465 e. The summed E-state index contributed by atoms with van der Waals surface area (Å²) < 4.78 is 34.0. The van der Waals surface area contributed by atoms with Gasteiger partial charge in [0.1, 0.15) is 11.6 Å². The van der Waals surface area contributed by atoms with Gasteiger partial charge < -0.3 is 4.74 Å². The van der Waals surface area contributed by atoms with Gasteiger partial charge in [0.2, 0.25) is 0 Å². The minimum absolute atomic E-state index is 0.0628. The monoisotopic (exact) mass is 455 g/mol. The van der Waals surface area contributed by atoms with E-state index in [-0.39, 0.29) is 23.5 Å². The van der Waals surface area contributed by atoms with Crippen LogP contribution in [0.4, 0.5) is 24.4 Å². The molecule has 0 unspecified atom stereocenters. The Balaban J connectivity index is 1.79. The number of hydrogen-bond acceptors (Lipinski definition) is 6. The highest BCUT2D eigenvalue weighted by atomic mass is 32.2. The molecule has 30 heavy (non-hydrogen) atoms. The van der Waals surface area contributed by atoms with E-state index in [2.05, 4.69) is 4.98 Å². The second kappa shape index (κ2) is 10.2. The van der Waals surface area contributed by atoms with Crippen LogP contribution in [0.25, 0.3) is 0 Å². The Morgan fingerprint density at radius 3 is 2.73 bits per heavy atom. The maximum atomic E-state index is 14.5. The SMILES string of the molecule is CCOC(=O)CSc1cnc(N(C)C(=O)N(c2cc(F)ccc2F)C2CCCC2)s1. The number of amides is 2. The van der Waals surface area contributed by atoms with E-state index in [0.717, 1.165) is 48.1 Å². The summed E-state index contributed by atoms with van der Waals surface area (Å²) >= 11 is 2.52. The molecule has 0 bridgehead atoms. The number of rotatable bonds is 7. The molecule has 0 saturated heterocycles. The Morgan fingerprint density at radius 1 is 1.30 bits per heavy atom. The van der Waals surface area contributed by atoms with Crippen LogP contribution in [0.5, 0.6) is 0 Å². The first kappa shape index (κ1) is 22.5. The summed E-state index contributed by atoms with van der Waals surface area (Å²) in [5.74, 6) is -1.42. The van der Waals surface area contributed by atoms with E-state index in [1.54, 1.807) is 20.2 Å². The standard InChI is InChI=1S/C20H23F2N3O3S2/c1-3-28-17(26)12-29-18-11-23-19(30-18)24(2)20(27)25(14-6-4-5-7-14)16-10-13(21)8-9-15(16)22/h8-11,14H,3-7,12H2,1-2H3. The van der Waals surface area contributed by atoms with E-state index < -0.39 is 17.7 Å². The van der Waals surface area contributed by atoms with Gasteiger partial charge in [-0.15, -0.1) is 11.8 Å². The number of carbonyl (C=O) groups excluding carboxylic acids is 2. The van der Waals surface area contributed by atoms with E-state index in [9.17, 15) is 18.4 Å². The zero-order valence-corrected chi connectivity index (χ0v) is 18.4. The quantitative estimate of drug-likeness (QED) is 0.430. The van der Waals surface area contributed by atoms with Crippen LogP contribution >= 0.6 is 23.1 Å². The van der Waals surface area contributed by atoms with Gasteiger partial charge in [0.25, 0.3) is 0 Å². The molecule has 0 atom stereocenters. The van der Waals surface area contributed by atoms with Gasteiger partial charge in [0.15, 0.2) is 5.13 Å². The number of nitrogens with zero attached hydrogens (tertiary/aromatic N) is 3. The molecule has 1 aliphatic rings. The topological polar surface area (TPSA) is 62.7 Å². The maximum absolute atomic E-state index is 14.5. The van der Waals surface area contributed by atoms with Crippen LogP contribution in [0.2, 0.25) is 0 Å². The first-order valence-electron chi connectivity index (χ1n) is 9.67. The summed E-state index contributed by atoms with van der Waals surface area (Å²) in [5, 5.41) is 0.408. The van der Waals surface area contributed by atoms with E-state index in [1.807, 2.05) is 0 Å². The van der Waals surface area contributed by atoms with Crippen LogP contribution in [-0.2, 0) is 9.53 Å². The van der Waals surface area contributed by atoms with Gasteiger partial charge in [-0.05, 0) is 31.9 Å². The molecule has 6 nitrogen and oxygen atoms in total. The van der Waals surface area contributed by atoms with E-state index in [0.29, 0.717) is 11.7 Å². The number of thioether (sulfide) groups is 1. The van der Waals surface area contributed by atoms with Gasteiger partial charge in [-0.25, -0.2) is 18.6 Å². The van der Waals surface area contributed by atoms with Crippen molar-refractivity contribution < 1.29 is 23.1 Å². The van der Waals surface area contributed by atoms with Crippen molar-refractivity contribution in [1.82, 2.24) is 4.98 Å². The Hall–Kier alpha value is -2.20. The maximum Gasteiger partial charge on any atom is 0.330 e. The summed E-state index contributed by atoms with van der Waals surface area (Å²) in [6, 6.07) is 2.46. The highest BCUT2D eigenvalue weighted by Crippen LogP contribution is 2.34. The number of urea groups is 1. The van der Waals surface area contributed by atoms with Crippen molar-refractivity contribution in [1.29, 1.82) is 0 Å². The molecular weight excluding hydrogens is 432 g/mol. The van der Waals surface area contributed by atoms with Crippen molar-refractivity contribution in [2.24, 2.45) is 0 Å². The molecular formula is C20H23F2N3O3S2. The predicted octanol–water partition coefficient (Wildman–Crippen LogP) is 5.08. The van der Waals surface area contributed by atoms with Gasteiger partial charge in [-0.3, -0.25) is 14.6 Å². The normalized spacial score (nSPS) is 14.0. The molecule has 1 aromatic heterocycles. The molecule has 0 radical (unpaired) electrons. The van der Waals surface area contributed by atoms with Gasteiger partial charge in [-0.1, -0.05) is 24.2 Å². The molecule has 3 rings (SSSR count). The third-order valence-electron chi connectivity index (χ3n) is 4.75. The zero-order valence-electron chi connectivity index (χ0n) is 16.8. The lowest BCUT2D eigenvalue weighted by Gasteiger charge is -2.32. The van der Waals surface area contributed by atoms with Crippen molar-refractivity contribution in [2.75, 3.05) is 29.2 Å². The summed E-state index contributed by atoms with van der Waals surface area (Å²) in [6.45, 7) is 2.06. The Kier molecular flexibility index (Phi) is 7.65. The fourth-order valence-electron chi connectivity index (χ4n) is 3.34. The average molecular weight is 456 g/mol. The van der Waals surface area contributed by atoms with Crippen molar-refractivity contribution in [3.05, 3.63) is 36.0 Å². The van der Waals surface area contributed by atoms with Gasteiger partial charge in [0, 0.05) is 19.2 Å². The van der Waals surface area contributed by atoms with Crippen molar-refractivity contribution >= 4 is 45.9 Å². The molecule has 1 saturated carbocycles. The van der Waals surface area contributed by atoms with Crippen molar-refractivity contribution in [3.63, 3.8) is 0 Å². The Bertz CT molecular complexity index is 903. The fraction of sp³-hybridized carbons (Fsp3) is 0.450. The number of thiazole rings is 1. The van der Waals surface area contributed by atoms with E-state index >= 15 is 0 Å². The van der Waals surface area contributed by atoms with Crippen LogP contribution in [0.3, 0.4) is 0 Å². The number of hydrogen-bond donors (Lipinski definition) is 0. The first-order valence-corrected chi connectivity index (χ1v) is 11.5. The molecule has 1 fully saturated rings. The molecule has 1 aliphatic carbocycles. The molecule has 0 spiro atoms. The van der Waals surface area contributed by atoms with Gasteiger partial charge >= 0.3 is 12.0 Å². The number of ether oxygens (including phenoxy) is 1. The number of esters is 1. The molecule has 2 amide bonds. The van der Waals surface area contributed by atoms with E-state index in [4.69, 9.17) is 4.74 Å². The molecule has 162 valence electrons. The molecule has 1 aromatic carbocycles. The number of anilines is 2. The van der Waals surface area contributed by atoms with Crippen LogP contribution in [0, 0.1) is 11.6 Å². The first-order chi connectivity index (χ1) is 14.4. The minimum Gasteiger partial charge on any atom is -0.465 e. The van der Waals surface area contributed by atoms with Crippen LogP contribution < -0.4 is 9.80 Å². The number of carbonyl (C=O) groups is 2. The van der Waals surface area contributed by atoms with Crippen molar-refractivity contribution in [3.8, 4) is 0 Å². The lowest BCUT2D eigenvalue weighted by Crippen LogP contribution is -2.47. The summed E-state index contributed by atoms with van der Waals surface area (Å²) in [5.41, 5.74) is -0.0628. The van der Waals surface area contributed by atoms with Crippen LogP contribution in [0.15, 0.2) is 28.6 Å². The average Bonchev–Trinajstić information content (AvgIpc) is 3.41. The third-order valence-corrected chi connectivity index (χ3v) is 6.99. The predicted molar refractivity (Wildman–Crippen MR) is 114 cm³/mol. The molecule has 2 aromatic rings. The Labute approximate surface area is 182 Å². The smallest absolute Gasteiger partial charge is 0.330 e. The van der Waals surface area contributed by atoms with Crippen LogP contribution in [-0.4, -0.2) is 42.4 Å². The van der Waals surface area contributed by atoms with Gasteiger partial charge in [-0.2, -0.15) is 0 Å². The molecule has 10 heteroatoms. The highest BCUT2D eigenvalue weighted by Gasteiger charge is 2.33.